The van der Waals surface area contributed by atoms with Crippen molar-refractivity contribution in [2.24, 2.45) is 5.73 Å². The standard InChI is InChI=1S/C16H27F2N3O9/c1-5(13(26)21-6(2)15(28)29)20-14(27)7(19)3-16(17,18)12-11(25)10(24)9(23)8(4-22)30-12/h5-12,22-25H,3-4,19H2,1-2H3,(H,20,27)(H,21,26)(H,28,29)/t5-,6-,7?,8+,9-,10-,11+,12?/m0/s1. The summed E-state index contributed by atoms with van der Waals surface area (Å²) >= 11 is 0. The van der Waals surface area contributed by atoms with Crippen molar-refractivity contribution in [2.75, 3.05) is 6.61 Å². The van der Waals surface area contributed by atoms with E-state index in [0.717, 1.165) is 0 Å². The van der Waals surface area contributed by atoms with Crippen LogP contribution in [0.4, 0.5) is 8.78 Å². The van der Waals surface area contributed by atoms with Gasteiger partial charge in [0.15, 0.2) is 0 Å². The van der Waals surface area contributed by atoms with Crippen LogP contribution in [-0.4, -0.2) is 104 Å². The molecular weight excluding hydrogens is 416 g/mol. The maximum atomic E-state index is 14.6. The van der Waals surface area contributed by atoms with E-state index in [1.54, 1.807) is 0 Å². The Kier molecular flexibility index (Phi) is 9.01. The third-order valence-corrected chi connectivity index (χ3v) is 4.62. The largest absolute Gasteiger partial charge is 0.480 e. The Morgan fingerprint density at radius 1 is 1.03 bits per heavy atom. The Hall–Kier alpha value is -1.97. The molecule has 1 rings (SSSR count). The van der Waals surface area contributed by atoms with E-state index in [-0.39, 0.29) is 0 Å². The molecule has 1 fully saturated rings. The van der Waals surface area contributed by atoms with Gasteiger partial charge in [-0.3, -0.25) is 14.4 Å². The summed E-state index contributed by atoms with van der Waals surface area (Å²) in [6, 6.07) is -4.41. The number of aliphatic hydroxyl groups is 4. The van der Waals surface area contributed by atoms with Gasteiger partial charge in [0, 0.05) is 6.42 Å². The van der Waals surface area contributed by atoms with Gasteiger partial charge in [-0.15, -0.1) is 0 Å². The topological polar surface area (TPSA) is 212 Å². The van der Waals surface area contributed by atoms with Crippen molar-refractivity contribution in [3.8, 4) is 0 Å². The van der Waals surface area contributed by atoms with Crippen LogP contribution in [0.3, 0.4) is 0 Å². The van der Waals surface area contributed by atoms with Crippen LogP contribution in [0.15, 0.2) is 0 Å². The first kappa shape index (κ1) is 26.1. The van der Waals surface area contributed by atoms with Crippen molar-refractivity contribution in [1.29, 1.82) is 0 Å². The lowest BCUT2D eigenvalue weighted by Crippen LogP contribution is -2.64. The molecule has 1 aliphatic rings. The van der Waals surface area contributed by atoms with Gasteiger partial charge in [-0.2, -0.15) is 0 Å². The van der Waals surface area contributed by atoms with Gasteiger partial charge in [0.1, 0.15) is 42.6 Å². The highest BCUT2D eigenvalue weighted by Crippen LogP contribution is 2.35. The molecule has 1 heterocycles. The van der Waals surface area contributed by atoms with Gasteiger partial charge in [-0.1, -0.05) is 0 Å². The van der Waals surface area contributed by atoms with Crippen LogP contribution in [0.2, 0.25) is 0 Å². The number of rotatable bonds is 9. The highest BCUT2D eigenvalue weighted by molar-refractivity contribution is 5.91. The van der Waals surface area contributed by atoms with Gasteiger partial charge < -0.3 is 46.6 Å². The van der Waals surface area contributed by atoms with Crippen LogP contribution in [0.1, 0.15) is 20.3 Å². The summed E-state index contributed by atoms with van der Waals surface area (Å²) in [5.41, 5.74) is 5.47. The fraction of sp³-hybridized carbons (Fsp3) is 0.812. The summed E-state index contributed by atoms with van der Waals surface area (Å²) in [6.07, 6.45) is -11.4. The zero-order valence-corrected chi connectivity index (χ0v) is 16.2. The molecule has 2 amide bonds. The molecule has 0 aromatic carbocycles. The number of hydrogen-bond acceptors (Lipinski definition) is 9. The maximum absolute atomic E-state index is 14.6. The normalized spacial score (nSPS) is 30.1. The van der Waals surface area contributed by atoms with E-state index >= 15 is 0 Å². The van der Waals surface area contributed by atoms with Crippen LogP contribution >= 0.6 is 0 Å². The average molecular weight is 443 g/mol. The lowest BCUT2D eigenvalue weighted by molar-refractivity contribution is -0.281. The van der Waals surface area contributed by atoms with E-state index < -0.39 is 85.4 Å². The summed E-state index contributed by atoms with van der Waals surface area (Å²) in [6.45, 7) is 1.46. The number of amides is 2. The number of aliphatic hydroxyl groups excluding tert-OH is 4. The van der Waals surface area contributed by atoms with Crippen molar-refractivity contribution in [3.63, 3.8) is 0 Å². The Morgan fingerprint density at radius 2 is 1.57 bits per heavy atom. The van der Waals surface area contributed by atoms with Crippen molar-refractivity contribution in [3.05, 3.63) is 0 Å². The second-order valence-corrected chi connectivity index (χ2v) is 7.12. The Bertz CT molecular complexity index is 637. The number of carboxylic acid groups (broad SMARTS) is 1. The molecule has 9 N–H and O–H groups in total. The number of carbonyl (C=O) groups excluding carboxylic acids is 2. The van der Waals surface area contributed by atoms with E-state index in [4.69, 9.17) is 20.7 Å². The van der Waals surface area contributed by atoms with E-state index in [9.17, 15) is 38.5 Å². The quantitative estimate of drug-likeness (QED) is 0.174. The number of halogens is 2. The number of aliphatic carboxylic acids is 1. The van der Waals surface area contributed by atoms with Gasteiger partial charge in [0.2, 0.25) is 11.8 Å². The van der Waals surface area contributed by atoms with Gasteiger partial charge in [-0.25, -0.2) is 8.78 Å². The number of hydrogen-bond donors (Lipinski definition) is 8. The molecule has 0 bridgehead atoms. The van der Waals surface area contributed by atoms with Crippen LogP contribution in [0, 0.1) is 0 Å². The van der Waals surface area contributed by atoms with Crippen molar-refractivity contribution in [1.82, 2.24) is 10.6 Å². The summed E-state index contributed by atoms with van der Waals surface area (Å²) in [5.74, 6) is -7.33. The van der Waals surface area contributed by atoms with E-state index in [1.165, 1.54) is 13.8 Å². The van der Waals surface area contributed by atoms with E-state index in [1.807, 2.05) is 0 Å². The summed E-state index contributed by atoms with van der Waals surface area (Å²) in [7, 11) is 0. The number of nitrogens with two attached hydrogens (primary N) is 1. The third kappa shape index (κ3) is 6.26. The summed E-state index contributed by atoms with van der Waals surface area (Å²) in [5, 5.41) is 51.1. The second-order valence-electron chi connectivity index (χ2n) is 7.12. The molecule has 0 aromatic rings. The minimum atomic E-state index is -3.96. The molecule has 30 heavy (non-hydrogen) atoms. The molecule has 0 aliphatic carbocycles. The SMILES string of the molecule is C[C@H](NC(=O)[C@H](C)NC(=O)C(N)CC(F)(F)C1O[C@H](CO)[C@H](O)[C@H](O)[C@H]1O)C(=O)O. The first-order valence-corrected chi connectivity index (χ1v) is 9.00. The first-order valence-electron chi connectivity index (χ1n) is 9.00. The third-order valence-electron chi connectivity index (χ3n) is 4.62. The lowest BCUT2D eigenvalue weighted by atomic mass is 9.89. The van der Waals surface area contributed by atoms with Crippen molar-refractivity contribution < 1.29 is 53.4 Å². The number of ether oxygens (including phenoxy) is 1. The second kappa shape index (κ2) is 10.4. The molecule has 0 aromatic heterocycles. The molecule has 12 nitrogen and oxygen atoms in total. The van der Waals surface area contributed by atoms with Crippen LogP contribution in [0.5, 0.6) is 0 Å². The highest BCUT2D eigenvalue weighted by atomic mass is 19.3. The minimum absolute atomic E-state index is 0.883. The monoisotopic (exact) mass is 443 g/mol. The minimum Gasteiger partial charge on any atom is -0.480 e. The summed E-state index contributed by atoms with van der Waals surface area (Å²) in [4.78, 5) is 34.6. The smallest absolute Gasteiger partial charge is 0.325 e. The van der Waals surface area contributed by atoms with Gasteiger partial charge in [0.25, 0.3) is 5.92 Å². The Labute approximate surface area is 170 Å². The zero-order valence-electron chi connectivity index (χ0n) is 16.2. The number of carbonyl (C=O) groups is 3. The molecule has 1 aliphatic heterocycles. The maximum Gasteiger partial charge on any atom is 0.325 e. The molecule has 0 radical (unpaired) electrons. The zero-order chi connectivity index (χ0) is 23.4. The molecule has 174 valence electrons. The Balaban J connectivity index is 2.75. The number of carboxylic acids is 1. The van der Waals surface area contributed by atoms with E-state index in [0.29, 0.717) is 0 Å². The van der Waals surface area contributed by atoms with Gasteiger partial charge in [0.05, 0.1) is 12.6 Å². The lowest BCUT2D eigenvalue weighted by Gasteiger charge is -2.43. The average Bonchev–Trinajstić information content (AvgIpc) is 2.65. The van der Waals surface area contributed by atoms with Crippen LogP contribution in [-0.2, 0) is 19.1 Å². The van der Waals surface area contributed by atoms with Crippen LogP contribution < -0.4 is 16.4 Å². The fourth-order valence-electron chi connectivity index (χ4n) is 2.74. The van der Waals surface area contributed by atoms with Gasteiger partial charge in [-0.05, 0) is 13.8 Å². The Morgan fingerprint density at radius 3 is 2.07 bits per heavy atom. The van der Waals surface area contributed by atoms with Crippen molar-refractivity contribution >= 4 is 17.8 Å². The highest BCUT2D eigenvalue weighted by Gasteiger charge is 2.55. The molecule has 14 heteroatoms. The van der Waals surface area contributed by atoms with Crippen molar-refractivity contribution in [2.45, 2.75) is 74.8 Å². The van der Waals surface area contributed by atoms with Gasteiger partial charge >= 0.3 is 5.97 Å². The number of nitrogens with one attached hydrogen (secondary N) is 2. The molecule has 0 saturated carbocycles. The molecule has 2 unspecified atom stereocenters. The summed E-state index contributed by atoms with van der Waals surface area (Å²) < 4.78 is 33.9. The molecule has 1 saturated heterocycles. The van der Waals surface area contributed by atoms with Crippen LogP contribution in [0.25, 0.3) is 0 Å². The molecular formula is C16H27F2N3O9. The predicted molar refractivity (Wildman–Crippen MR) is 94.2 cm³/mol. The first-order chi connectivity index (χ1) is 13.7. The number of alkyl halides is 2. The predicted octanol–water partition coefficient (Wildman–Crippen LogP) is -3.72. The molecule has 0 spiro atoms. The fourth-order valence-corrected chi connectivity index (χ4v) is 2.74. The van der Waals surface area contributed by atoms with E-state index in [2.05, 4.69) is 10.6 Å². The molecule has 8 atom stereocenters.